The molecule has 1 heterocycles. The van der Waals surface area contributed by atoms with Crippen LogP contribution < -0.4 is 4.90 Å². The molecule has 2 atom stereocenters. The maximum absolute atomic E-state index is 14.0. The van der Waals surface area contributed by atoms with E-state index in [1.807, 2.05) is 12.1 Å². The number of halogens is 1. The van der Waals surface area contributed by atoms with Gasteiger partial charge in [-0.25, -0.2) is 14.0 Å². The second-order valence-corrected chi connectivity index (χ2v) is 10.5. The van der Waals surface area contributed by atoms with E-state index >= 15 is 0 Å². The third-order valence-corrected chi connectivity index (χ3v) is 8.18. The number of anilines is 1. The van der Waals surface area contributed by atoms with Crippen LogP contribution in [0, 0.1) is 35.9 Å². The van der Waals surface area contributed by atoms with E-state index in [0.29, 0.717) is 12.2 Å². The van der Waals surface area contributed by atoms with E-state index in [0.717, 1.165) is 55.7 Å². The van der Waals surface area contributed by atoms with Crippen molar-refractivity contribution in [1.29, 1.82) is 5.26 Å². The van der Waals surface area contributed by atoms with Gasteiger partial charge in [-0.2, -0.15) is 5.26 Å². The van der Waals surface area contributed by atoms with Crippen LogP contribution in [0.2, 0.25) is 0 Å². The lowest BCUT2D eigenvalue weighted by Crippen LogP contribution is -2.50. The standard InChI is InChI=1S/C26H30FN3.C4H4O4/c1-18-2-4-19(5-3-18)21-12-22-14-25(15-23(22)13-21)30-10-8-29(9-11-30)24-7-6-20(17-28)26(27)16-24;5-3(6)1-2-4(7)8/h2-7,16,21-23,25H,8-15H2,1H3;1-2H,(H,5,6)(H,7,8)/b;2-1+. The first-order chi connectivity index (χ1) is 18.2. The predicted molar refractivity (Wildman–Crippen MR) is 142 cm³/mol. The first kappa shape index (κ1) is 27.3. The van der Waals surface area contributed by atoms with Crippen molar-refractivity contribution in [3.63, 3.8) is 0 Å². The minimum absolute atomic E-state index is 0.124. The van der Waals surface area contributed by atoms with Crippen LogP contribution in [0.4, 0.5) is 10.1 Å². The molecule has 2 saturated carbocycles. The van der Waals surface area contributed by atoms with Gasteiger partial charge in [-0.1, -0.05) is 29.8 Å². The average Bonchev–Trinajstić information content (AvgIpc) is 3.48. The van der Waals surface area contributed by atoms with Crippen molar-refractivity contribution in [2.45, 2.75) is 44.6 Å². The van der Waals surface area contributed by atoms with Gasteiger partial charge in [0, 0.05) is 50.1 Å². The SMILES string of the molecule is Cc1ccc(C2CC3CC(N4CCN(c5ccc(C#N)c(F)c5)CC4)CC3C2)cc1.O=C(O)/C=C/C(=O)O. The summed E-state index contributed by atoms with van der Waals surface area (Å²) in [5.41, 5.74) is 3.91. The van der Waals surface area contributed by atoms with Gasteiger partial charge in [0.25, 0.3) is 0 Å². The number of rotatable bonds is 5. The molecule has 200 valence electrons. The fraction of sp³-hybridized carbons (Fsp3) is 0.433. The van der Waals surface area contributed by atoms with E-state index in [1.54, 1.807) is 6.07 Å². The number of benzene rings is 2. The summed E-state index contributed by atoms with van der Waals surface area (Å²) in [6.45, 7) is 6.13. The van der Waals surface area contributed by atoms with Crippen LogP contribution in [-0.2, 0) is 9.59 Å². The van der Waals surface area contributed by atoms with Crippen molar-refractivity contribution in [2.75, 3.05) is 31.1 Å². The summed E-state index contributed by atoms with van der Waals surface area (Å²) in [6.07, 6.45) is 6.52. The summed E-state index contributed by atoms with van der Waals surface area (Å²) in [4.78, 5) is 24.0. The Morgan fingerprint density at radius 3 is 2.00 bits per heavy atom. The van der Waals surface area contributed by atoms with Crippen LogP contribution in [-0.4, -0.2) is 59.3 Å². The number of carboxylic acids is 2. The molecule has 0 aromatic heterocycles. The second kappa shape index (κ2) is 12.2. The third-order valence-electron chi connectivity index (χ3n) is 8.18. The summed E-state index contributed by atoms with van der Waals surface area (Å²) in [6, 6.07) is 16.8. The molecule has 2 N–H and O–H groups in total. The van der Waals surface area contributed by atoms with Gasteiger partial charge in [0.15, 0.2) is 0 Å². The van der Waals surface area contributed by atoms with Gasteiger partial charge < -0.3 is 15.1 Å². The van der Waals surface area contributed by atoms with E-state index < -0.39 is 17.8 Å². The molecule has 3 aliphatic rings. The molecular weight excluding hydrogens is 485 g/mol. The molecule has 0 bridgehead atoms. The lowest BCUT2D eigenvalue weighted by molar-refractivity contribution is -0.134. The molecule has 0 spiro atoms. The highest BCUT2D eigenvalue weighted by molar-refractivity contribution is 5.89. The van der Waals surface area contributed by atoms with Crippen molar-refractivity contribution in [1.82, 2.24) is 4.90 Å². The summed E-state index contributed by atoms with van der Waals surface area (Å²) < 4.78 is 14.0. The predicted octanol–water partition coefficient (Wildman–Crippen LogP) is 4.81. The molecule has 2 aromatic rings. The average molecular weight is 520 g/mol. The van der Waals surface area contributed by atoms with Gasteiger partial charge in [0.05, 0.1) is 5.56 Å². The number of hydrogen-bond donors (Lipinski definition) is 2. The zero-order valence-electron chi connectivity index (χ0n) is 21.6. The smallest absolute Gasteiger partial charge is 0.328 e. The van der Waals surface area contributed by atoms with E-state index in [1.165, 1.54) is 42.9 Å². The number of nitrogens with zero attached hydrogens (tertiary/aromatic N) is 3. The third kappa shape index (κ3) is 6.78. The lowest BCUT2D eigenvalue weighted by atomic mass is 9.93. The normalized spacial score (nSPS) is 24.9. The minimum atomic E-state index is -1.26. The van der Waals surface area contributed by atoms with E-state index in [9.17, 15) is 14.0 Å². The molecule has 3 fully saturated rings. The first-order valence-corrected chi connectivity index (χ1v) is 13.1. The fourth-order valence-electron chi connectivity index (χ4n) is 6.27. The quantitative estimate of drug-likeness (QED) is 0.546. The molecule has 8 heteroatoms. The van der Waals surface area contributed by atoms with Crippen LogP contribution in [0.3, 0.4) is 0 Å². The first-order valence-electron chi connectivity index (χ1n) is 13.1. The van der Waals surface area contributed by atoms with Crippen LogP contribution in [0.15, 0.2) is 54.6 Å². The van der Waals surface area contributed by atoms with E-state index in [4.69, 9.17) is 15.5 Å². The highest BCUT2D eigenvalue weighted by Gasteiger charge is 2.44. The maximum atomic E-state index is 14.0. The summed E-state index contributed by atoms with van der Waals surface area (Å²) in [5.74, 6) is -0.410. The zero-order chi connectivity index (χ0) is 27.2. The highest BCUT2D eigenvalue weighted by Crippen LogP contribution is 2.51. The van der Waals surface area contributed by atoms with Gasteiger partial charge in [0.2, 0.25) is 0 Å². The van der Waals surface area contributed by atoms with Crippen LogP contribution in [0.1, 0.15) is 48.3 Å². The number of piperazine rings is 1. The lowest BCUT2D eigenvalue weighted by Gasteiger charge is -2.39. The molecule has 2 unspecified atom stereocenters. The van der Waals surface area contributed by atoms with E-state index in [-0.39, 0.29) is 5.56 Å². The monoisotopic (exact) mass is 519 g/mol. The number of carboxylic acid groups (broad SMARTS) is 2. The molecule has 38 heavy (non-hydrogen) atoms. The number of hydrogen-bond acceptors (Lipinski definition) is 5. The molecule has 5 rings (SSSR count). The van der Waals surface area contributed by atoms with Gasteiger partial charge in [-0.15, -0.1) is 0 Å². The Kier molecular flexibility index (Phi) is 8.80. The van der Waals surface area contributed by atoms with Crippen molar-refractivity contribution >= 4 is 17.6 Å². The summed E-state index contributed by atoms with van der Waals surface area (Å²) in [5, 5.41) is 24.5. The topological polar surface area (TPSA) is 105 Å². The highest BCUT2D eigenvalue weighted by atomic mass is 19.1. The number of aliphatic carboxylic acids is 2. The van der Waals surface area contributed by atoms with Crippen molar-refractivity contribution in [3.05, 3.63) is 77.1 Å². The number of nitriles is 1. The Morgan fingerprint density at radius 1 is 0.921 bits per heavy atom. The molecule has 1 aliphatic heterocycles. The fourth-order valence-corrected chi connectivity index (χ4v) is 6.27. The Hall–Kier alpha value is -3.70. The van der Waals surface area contributed by atoms with Crippen molar-refractivity contribution in [3.8, 4) is 6.07 Å². The molecule has 7 nitrogen and oxygen atoms in total. The molecule has 0 amide bonds. The number of aryl methyl sites for hydroxylation is 1. The van der Waals surface area contributed by atoms with Crippen LogP contribution >= 0.6 is 0 Å². The van der Waals surface area contributed by atoms with Crippen molar-refractivity contribution < 1.29 is 24.2 Å². The molecule has 2 aliphatic carbocycles. The zero-order valence-corrected chi connectivity index (χ0v) is 21.6. The minimum Gasteiger partial charge on any atom is -0.478 e. The molecule has 2 aromatic carbocycles. The van der Waals surface area contributed by atoms with Crippen LogP contribution in [0.5, 0.6) is 0 Å². The Bertz CT molecular complexity index is 1180. The van der Waals surface area contributed by atoms with Gasteiger partial charge in [0.1, 0.15) is 11.9 Å². The molecule has 0 radical (unpaired) electrons. The molecular formula is C30H34FN3O4. The van der Waals surface area contributed by atoms with Gasteiger partial charge in [-0.05, 0) is 74.1 Å². The molecule has 1 saturated heterocycles. The van der Waals surface area contributed by atoms with E-state index in [2.05, 4.69) is 41.0 Å². The van der Waals surface area contributed by atoms with Crippen molar-refractivity contribution in [2.24, 2.45) is 11.8 Å². The Labute approximate surface area is 222 Å². The maximum Gasteiger partial charge on any atom is 0.328 e. The summed E-state index contributed by atoms with van der Waals surface area (Å²) in [7, 11) is 0. The number of fused-ring (bicyclic) bond motifs is 1. The summed E-state index contributed by atoms with van der Waals surface area (Å²) >= 11 is 0. The second-order valence-electron chi connectivity index (χ2n) is 10.5. The largest absolute Gasteiger partial charge is 0.478 e. The Balaban J connectivity index is 0.000000368. The van der Waals surface area contributed by atoms with Crippen LogP contribution in [0.25, 0.3) is 0 Å². The van der Waals surface area contributed by atoms with Gasteiger partial charge >= 0.3 is 11.9 Å². The Morgan fingerprint density at radius 2 is 1.50 bits per heavy atom. The number of carbonyl (C=O) groups is 2. The van der Waals surface area contributed by atoms with Gasteiger partial charge in [-0.3, -0.25) is 4.90 Å².